The van der Waals surface area contributed by atoms with E-state index in [1.807, 2.05) is 0 Å². The van der Waals surface area contributed by atoms with Crippen LogP contribution in [0, 0.1) is 22.7 Å². The second-order valence-corrected chi connectivity index (χ2v) is 9.83. The number of ether oxygens (including phenoxy) is 1. The molecule has 4 heteroatoms. The van der Waals surface area contributed by atoms with Crippen molar-refractivity contribution in [2.75, 3.05) is 0 Å². The minimum absolute atomic E-state index is 0.130. The zero-order chi connectivity index (χ0) is 18.2. The summed E-state index contributed by atoms with van der Waals surface area (Å²) in [5, 5.41) is 10.1. The van der Waals surface area contributed by atoms with Crippen LogP contribution in [0.4, 0.5) is 0 Å². The Morgan fingerprint density at radius 2 is 1.92 bits per heavy atom. The number of aliphatic hydroxyl groups excluding tert-OH is 1. The molecule has 0 spiro atoms. The Bertz CT molecular complexity index is 744. The number of allylic oxidation sites excluding steroid dienone is 2. The molecular formula is C21H27ClO3. The standard InChI is InChI=1S/C21H27ClO3/c1-19(2)7-5-8-20(3)15(19)6-9-21(4)16(20)10-12-14(25-21)11-13(23)18(24)17(12)22/h10-11,15-16,24H,5-9H2,1-4H3/t15-,16+,20-,21-/m1/s1. The summed E-state index contributed by atoms with van der Waals surface area (Å²) in [4.78, 5) is 11.9. The molecule has 0 bridgehead atoms. The molecule has 3 nitrogen and oxygen atoms in total. The van der Waals surface area contributed by atoms with Crippen molar-refractivity contribution in [3.63, 3.8) is 0 Å². The molecule has 1 N–H and O–H groups in total. The van der Waals surface area contributed by atoms with E-state index in [4.69, 9.17) is 16.3 Å². The van der Waals surface area contributed by atoms with Crippen LogP contribution in [0.1, 0.15) is 59.8 Å². The highest BCUT2D eigenvalue weighted by Gasteiger charge is 2.60. The predicted molar refractivity (Wildman–Crippen MR) is 98.1 cm³/mol. The van der Waals surface area contributed by atoms with E-state index in [2.05, 4.69) is 33.8 Å². The minimum atomic E-state index is -0.474. The van der Waals surface area contributed by atoms with Crippen molar-refractivity contribution in [2.45, 2.75) is 65.4 Å². The van der Waals surface area contributed by atoms with E-state index < -0.39 is 5.78 Å². The number of hydrogen-bond acceptors (Lipinski definition) is 3. The lowest BCUT2D eigenvalue weighted by atomic mass is 9.45. The molecule has 2 fully saturated rings. The van der Waals surface area contributed by atoms with Gasteiger partial charge in [-0.3, -0.25) is 4.79 Å². The molecular weight excluding hydrogens is 336 g/mol. The molecule has 0 aromatic rings. The summed E-state index contributed by atoms with van der Waals surface area (Å²) >= 11 is 6.31. The highest BCUT2D eigenvalue weighted by Crippen LogP contribution is 2.65. The Hall–Kier alpha value is -1.22. The fraction of sp³-hybridized carbons (Fsp3) is 0.667. The molecule has 3 aliphatic carbocycles. The summed E-state index contributed by atoms with van der Waals surface area (Å²) in [6.07, 6.45) is 9.38. The summed E-state index contributed by atoms with van der Waals surface area (Å²) in [6, 6.07) is 0. The smallest absolute Gasteiger partial charge is 0.225 e. The van der Waals surface area contributed by atoms with Crippen LogP contribution in [0.5, 0.6) is 0 Å². The lowest BCUT2D eigenvalue weighted by Gasteiger charge is -2.62. The number of halogens is 1. The average molecular weight is 363 g/mol. The van der Waals surface area contributed by atoms with E-state index in [0.29, 0.717) is 22.7 Å². The van der Waals surface area contributed by atoms with Gasteiger partial charge in [-0.25, -0.2) is 0 Å². The first-order chi connectivity index (χ1) is 11.6. The molecule has 0 radical (unpaired) electrons. The molecule has 25 heavy (non-hydrogen) atoms. The summed E-state index contributed by atoms with van der Waals surface area (Å²) in [5.41, 5.74) is 0.833. The Morgan fingerprint density at radius 1 is 1.20 bits per heavy atom. The van der Waals surface area contributed by atoms with Gasteiger partial charge < -0.3 is 9.84 Å². The average Bonchev–Trinajstić information content (AvgIpc) is 2.50. The van der Waals surface area contributed by atoms with Gasteiger partial charge in [-0.2, -0.15) is 0 Å². The topological polar surface area (TPSA) is 46.5 Å². The van der Waals surface area contributed by atoms with Crippen molar-refractivity contribution in [3.8, 4) is 0 Å². The van der Waals surface area contributed by atoms with E-state index in [1.165, 1.54) is 25.3 Å². The first-order valence-corrected chi connectivity index (χ1v) is 9.73. The van der Waals surface area contributed by atoms with Crippen molar-refractivity contribution < 1.29 is 14.6 Å². The molecule has 0 amide bonds. The van der Waals surface area contributed by atoms with E-state index in [0.717, 1.165) is 12.8 Å². The van der Waals surface area contributed by atoms with Crippen molar-refractivity contribution in [2.24, 2.45) is 22.7 Å². The number of fused-ring (bicyclic) bond motifs is 4. The van der Waals surface area contributed by atoms with E-state index in [1.54, 1.807) is 0 Å². The number of aliphatic hydroxyl groups is 1. The molecule has 0 aromatic heterocycles. The van der Waals surface area contributed by atoms with Gasteiger partial charge in [0.1, 0.15) is 11.4 Å². The van der Waals surface area contributed by atoms with Gasteiger partial charge in [-0.1, -0.05) is 44.9 Å². The monoisotopic (exact) mass is 362 g/mol. The van der Waals surface area contributed by atoms with E-state index in [-0.39, 0.29) is 27.7 Å². The van der Waals surface area contributed by atoms with Gasteiger partial charge in [0.2, 0.25) is 5.78 Å². The second kappa shape index (κ2) is 5.16. The van der Waals surface area contributed by atoms with Gasteiger partial charge in [0.05, 0.1) is 5.03 Å². The van der Waals surface area contributed by atoms with Gasteiger partial charge in [0.15, 0.2) is 5.76 Å². The largest absolute Gasteiger partial charge is 0.503 e. The lowest BCUT2D eigenvalue weighted by Crippen LogP contribution is -2.59. The fourth-order valence-corrected chi connectivity index (χ4v) is 6.54. The predicted octanol–water partition coefficient (Wildman–Crippen LogP) is 5.42. The van der Waals surface area contributed by atoms with Gasteiger partial charge in [-0.05, 0) is 49.4 Å². The summed E-state index contributed by atoms with van der Waals surface area (Å²) in [5.74, 6) is 0.534. The zero-order valence-corrected chi connectivity index (χ0v) is 16.2. The second-order valence-electron chi connectivity index (χ2n) is 9.45. The molecule has 4 atom stereocenters. The van der Waals surface area contributed by atoms with Gasteiger partial charge >= 0.3 is 0 Å². The van der Waals surface area contributed by atoms with Crippen LogP contribution < -0.4 is 0 Å². The molecule has 2 saturated carbocycles. The molecule has 4 aliphatic rings. The van der Waals surface area contributed by atoms with Crippen LogP contribution in [0.2, 0.25) is 0 Å². The minimum Gasteiger partial charge on any atom is -0.503 e. The quantitative estimate of drug-likeness (QED) is 0.625. The molecule has 4 rings (SSSR count). The first kappa shape index (κ1) is 17.2. The van der Waals surface area contributed by atoms with Crippen molar-refractivity contribution in [1.29, 1.82) is 0 Å². The number of rotatable bonds is 0. The Morgan fingerprint density at radius 3 is 2.64 bits per heavy atom. The van der Waals surface area contributed by atoms with E-state index in [9.17, 15) is 9.90 Å². The van der Waals surface area contributed by atoms with Crippen LogP contribution in [0.3, 0.4) is 0 Å². The van der Waals surface area contributed by atoms with Gasteiger partial charge in [0.25, 0.3) is 0 Å². The SMILES string of the molecule is CC1(C)CCC[C@]2(C)[C@@H]1CC[C@@]1(C)OC3=CC(=O)C(O)=C(Cl)C3=C[C@@H]21. The van der Waals surface area contributed by atoms with Crippen LogP contribution in [-0.4, -0.2) is 16.5 Å². The van der Waals surface area contributed by atoms with Crippen LogP contribution in [0.25, 0.3) is 0 Å². The highest BCUT2D eigenvalue weighted by molar-refractivity contribution is 6.35. The molecule has 0 unspecified atom stereocenters. The molecule has 1 aliphatic heterocycles. The number of hydrogen-bond donors (Lipinski definition) is 1. The molecule has 0 saturated heterocycles. The normalized spacial score (nSPS) is 42.5. The van der Waals surface area contributed by atoms with Gasteiger partial charge in [-0.15, -0.1) is 0 Å². The maximum absolute atomic E-state index is 11.9. The third-order valence-corrected chi connectivity index (χ3v) is 7.84. The Kier molecular flexibility index (Phi) is 3.55. The third-order valence-electron chi connectivity index (χ3n) is 7.46. The van der Waals surface area contributed by atoms with Crippen molar-refractivity contribution >= 4 is 17.4 Å². The fourth-order valence-electron chi connectivity index (χ4n) is 6.29. The summed E-state index contributed by atoms with van der Waals surface area (Å²) < 4.78 is 6.40. The Labute approximate surface area is 154 Å². The molecule has 0 aromatic carbocycles. The number of carbonyl (C=O) groups excluding carboxylic acids is 1. The van der Waals surface area contributed by atoms with Crippen molar-refractivity contribution in [3.05, 3.63) is 34.3 Å². The lowest BCUT2D eigenvalue weighted by molar-refractivity contribution is -0.162. The van der Waals surface area contributed by atoms with E-state index >= 15 is 0 Å². The first-order valence-electron chi connectivity index (χ1n) is 9.35. The van der Waals surface area contributed by atoms with Gasteiger partial charge in [0, 0.05) is 17.6 Å². The number of ketones is 1. The highest BCUT2D eigenvalue weighted by atomic mass is 35.5. The summed E-state index contributed by atoms with van der Waals surface area (Å²) in [7, 11) is 0. The Balaban J connectivity index is 1.85. The maximum Gasteiger partial charge on any atom is 0.225 e. The number of carbonyl (C=O) groups is 1. The van der Waals surface area contributed by atoms with Crippen molar-refractivity contribution in [1.82, 2.24) is 0 Å². The van der Waals surface area contributed by atoms with Crippen LogP contribution in [-0.2, 0) is 9.53 Å². The zero-order valence-electron chi connectivity index (χ0n) is 15.5. The maximum atomic E-state index is 11.9. The van der Waals surface area contributed by atoms with Crippen LogP contribution >= 0.6 is 11.6 Å². The molecule has 136 valence electrons. The molecule has 1 heterocycles. The third kappa shape index (κ3) is 2.27. The summed E-state index contributed by atoms with van der Waals surface area (Å²) in [6.45, 7) is 9.38. The van der Waals surface area contributed by atoms with Crippen LogP contribution in [0.15, 0.2) is 34.3 Å².